The second-order valence-corrected chi connectivity index (χ2v) is 5.68. The maximum Gasteiger partial charge on any atom is 0.0678 e. The SMILES string of the molecule is C[C@@H]1CN(Cc2c(I)cnn2C)C[C@@H](C)O1. The summed E-state index contributed by atoms with van der Waals surface area (Å²) in [4.78, 5) is 2.44. The first-order valence-corrected chi connectivity index (χ1v) is 6.68. The molecule has 1 aromatic rings. The highest BCUT2D eigenvalue weighted by molar-refractivity contribution is 14.1. The molecule has 90 valence electrons. The zero-order valence-corrected chi connectivity index (χ0v) is 12.1. The summed E-state index contributed by atoms with van der Waals surface area (Å²) in [5.74, 6) is 0. The molecule has 1 aliphatic heterocycles. The first-order valence-electron chi connectivity index (χ1n) is 5.60. The van der Waals surface area contributed by atoms with E-state index in [2.05, 4.69) is 46.4 Å². The highest BCUT2D eigenvalue weighted by atomic mass is 127. The largest absolute Gasteiger partial charge is 0.373 e. The van der Waals surface area contributed by atoms with Crippen molar-refractivity contribution >= 4 is 22.6 Å². The molecule has 0 unspecified atom stereocenters. The fraction of sp³-hybridized carbons (Fsp3) is 0.727. The van der Waals surface area contributed by atoms with Crippen LogP contribution in [0.25, 0.3) is 0 Å². The summed E-state index contributed by atoms with van der Waals surface area (Å²) in [6.07, 6.45) is 2.58. The Balaban J connectivity index is 2.04. The van der Waals surface area contributed by atoms with Crippen LogP contribution in [0.3, 0.4) is 0 Å². The summed E-state index contributed by atoms with van der Waals surface area (Å²) in [6, 6.07) is 0. The molecule has 0 saturated carbocycles. The molecule has 5 heteroatoms. The van der Waals surface area contributed by atoms with Crippen LogP contribution in [0.15, 0.2) is 6.20 Å². The molecular weight excluding hydrogens is 317 g/mol. The third-order valence-corrected chi connectivity index (χ3v) is 3.78. The molecule has 0 bridgehead atoms. The smallest absolute Gasteiger partial charge is 0.0678 e. The molecule has 2 rings (SSSR count). The molecule has 0 spiro atoms. The van der Waals surface area contributed by atoms with Crippen molar-refractivity contribution in [3.63, 3.8) is 0 Å². The Morgan fingerprint density at radius 3 is 2.56 bits per heavy atom. The first kappa shape index (κ1) is 12.3. The van der Waals surface area contributed by atoms with Crippen molar-refractivity contribution in [1.82, 2.24) is 14.7 Å². The zero-order chi connectivity index (χ0) is 11.7. The molecule has 2 atom stereocenters. The Kier molecular flexibility index (Phi) is 3.86. The van der Waals surface area contributed by atoms with E-state index in [9.17, 15) is 0 Å². The van der Waals surface area contributed by atoms with E-state index in [4.69, 9.17) is 4.74 Å². The molecule has 1 saturated heterocycles. The second-order valence-electron chi connectivity index (χ2n) is 4.51. The number of ether oxygens (including phenoxy) is 1. The van der Waals surface area contributed by atoms with Crippen LogP contribution in [-0.2, 0) is 18.3 Å². The molecule has 0 amide bonds. The average Bonchev–Trinajstić information content (AvgIpc) is 2.48. The van der Waals surface area contributed by atoms with Crippen molar-refractivity contribution in [1.29, 1.82) is 0 Å². The highest BCUT2D eigenvalue weighted by Gasteiger charge is 2.23. The van der Waals surface area contributed by atoms with Crippen LogP contribution in [0, 0.1) is 3.57 Å². The van der Waals surface area contributed by atoms with Gasteiger partial charge in [-0.05, 0) is 36.4 Å². The van der Waals surface area contributed by atoms with Gasteiger partial charge in [-0.2, -0.15) is 5.10 Å². The lowest BCUT2D eigenvalue weighted by Gasteiger charge is -2.35. The average molecular weight is 335 g/mol. The Morgan fingerprint density at radius 1 is 1.44 bits per heavy atom. The normalized spacial score (nSPS) is 27.2. The summed E-state index contributed by atoms with van der Waals surface area (Å²) in [5, 5.41) is 4.27. The van der Waals surface area contributed by atoms with Crippen molar-refractivity contribution in [3.05, 3.63) is 15.5 Å². The molecule has 0 radical (unpaired) electrons. The lowest BCUT2D eigenvalue weighted by Crippen LogP contribution is -2.45. The van der Waals surface area contributed by atoms with E-state index in [1.807, 2.05) is 17.9 Å². The van der Waals surface area contributed by atoms with Crippen molar-refractivity contribution < 1.29 is 4.74 Å². The van der Waals surface area contributed by atoms with Gasteiger partial charge >= 0.3 is 0 Å². The maximum absolute atomic E-state index is 5.73. The van der Waals surface area contributed by atoms with Crippen LogP contribution in [0.5, 0.6) is 0 Å². The summed E-state index contributed by atoms with van der Waals surface area (Å²) in [7, 11) is 2.00. The van der Waals surface area contributed by atoms with Gasteiger partial charge in [0.25, 0.3) is 0 Å². The Hall–Kier alpha value is -0.140. The van der Waals surface area contributed by atoms with E-state index in [0.29, 0.717) is 12.2 Å². The van der Waals surface area contributed by atoms with Crippen molar-refractivity contribution in [2.45, 2.75) is 32.6 Å². The summed E-state index contributed by atoms with van der Waals surface area (Å²) in [5.41, 5.74) is 1.29. The summed E-state index contributed by atoms with van der Waals surface area (Å²) >= 11 is 2.35. The molecule has 0 aliphatic carbocycles. The van der Waals surface area contributed by atoms with Gasteiger partial charge in [-0.25, -0.2) is 0 Å². The number of nitrogens with zero attached hydrogens (tertiary/aromatic N) is 3. The molecule has 1 aromatic heterocycles. The third kappa shape index (κ3) is 2.75. The topological polar surface area (TPSA) is 30.3 Å². The van der Waals surface area contributed by atoms with Crippen LogP contribution in [0.4, 0.5) is 0 Å². The van der Waals surface area contributed by atoms with Gasteiger partial charge in [-0.15, -0.1) is 0 Å². The van der Waals surface area contributed by atoms with Crippen molar-refractivity contribution in [2.24, 2.45) is 7.05 Å². The van der Waals surface area contributed by atoms with E-state index < -0.39 is 0 Å². The lowest BCUT2D eigenvalue weighted by atomic mass is 10.2. The van der Waals surface area contributed by atoms with Gasteiger partial charge in [-0.3, -0.25) is 9.58 Å². The predicted molar refractivity (Wildman–Crippen MR) is 71.2 cm³/mol. The van der Waals surface area contributed by atoms with Crippen LogP contribution >= 0.6 is 22.6 Å². The van der Waals surface area contributed by atoms with Gasteiger partial charge in [0.05, 0.1) is 27.7 Å². The van der Waals surface area contributed by atoms with Crippen LogP contribution in [-0.4, -0.2) is 40.0 Å². The molecular formula is C11H18IN3O. The molecule has 2 heterocycles. The fourth-order valence-electron chi connectivity index (χ4n) is 2.24. The molecule has 4 nitrogen and oxygen atoms in total. The van der Waals surface area contributed by atoms with Gasteiger partial charge in [0.15, 0.2) is 0 Å². The number of aromatic nitrogens is 2. The zero-order valence-electron chi connectivity index (χ0n) is 9.98. The second kappa shape index (κ2) is 5.01. The van der Waals surface area contributed by atoms with E-state index in [1.165, 1.54) is 9.26 Å². The lowest BCUT2D eigenvalue weighted by molar-refractivity contribution is -0.0710. The Morgan fingerprint density at radius 2 is 2.06 bits per heavy atom. The minimum atomic E-state index is 0.328. The van der Waals surface area contributed by atoms with Gasteiger partial charge < -0.3 is 4.74 Å². The number of rotatable bonds is 2. The number of hydrogen-bond acceptors (Lipinski definition) is 3. The van der Waals surface area contributed by atoms with Crippen LogP contribution < -0.4 is 0 Å². The van der Waals surface area contributed by atoms with Crippen molar-refractivity contribution in [3.8, 4) is 0 Å². The van der Waals surface area contributed by atoms with E-state index in [1.54, 1.807) is 0 Å². The number of hydrogen-bond donors (Lipinski definition) is 0. The van der Waals surface area contributed by atoms with Crippen LogP contribution in [0.2, 0.25) is 0 Å². The minimum Gasteiger partial charge on any atom is -0.373 e. The highest BCUT2D eigenvalue weighted by Crippen LogP contribution is 2.17. The van der Waals surface area contributed by atoms with E-state index >= 15 is 0 Å². The van der Waals surface area contributed by atoms with Gasteiger partial charge in [0.1, 0.15) is 0 Å². The number of aryl methyl sites for hydroxylation is 1. The predicted octanol–water partition coefficient (Wildman–Crippen LogP) is 1.63. The molecule has 1 aliphatic rings. The minimum absolute atomic E-state index is 0.328. The maximum atomic E-state index is 5.73. The van der Waals surface area contributed by atoms with Gasteiger partial charge in [-0.1, -0.05) is 0 Å². The number of halogens is 1. The monoisotopic (exact) mass is 335 g/mol. The van der Waals surface area contributed by atoms with Crippen LogP contribution in [0.1, 0.15) is 19.5 Å². The third-order valence-electron chi connectivity index (χ3n) is 2.88. The standard InChI is InChI=1S/C11H18IN3O/c1-8-5-15(6-9(2)16-8)7-11-10(12)4-13-14(11)3/h4,8-9H,5-7H2,1-3H3/t8-,9-/m1/s1. The van der Waals surface area contributed by atoms with Gasteiger partial charge in [0, 0.05) is 26.7 Å². The molecule has 1 fully saturated rings. The summed E-state index contributed by atoms with van der Waals surface area (Å²) in [6.45, 7) is 7.25. The quantitative estimate of drug-likeness (QED) is 0.770. The van der Waals surface area contributed by atoms with Crippen molar-refractivity contribution in [2.75, 3.05) is 13.1 Å². The molecule has 0 N–H and O–H groups in total. The van der Waals surface area contributed by atoms with E-state index in [0.717, 1.165) is 19.6 Å². The number of morpholine rings is 1. The Bertz CT molecular complexity index is 337. The molecule has 0 aromatic carbocycles. The first-order chi connectivity index (χ1) is 7.56. The van der Waals surface area contributed by atoms with Gasteiger partial charge in [0.2, 0.25) is 0 Å². The molecule has 16 heavy (non-hydrogen) atoms. The Labute approximate surface area is 110 Å². The van der Waals surface area contributed by atoms with E-state index in [-0.39, 0.29) is 0 Å². The summed E-state index contributed by atoms with van der Waals surface area (Å²) < 4.78 is 8.94. The fourth-order valence-corrected chi connectivity index (χ4v) is 2.88.